The third kappa shape index (κ3) is 5.64. The number of hydrogen-bond acceptors (Lipinski definition) is 3. The highest BCUT2D eigenvalue weighted by molar-refractivity contribution is 7.99. The van der Waals surface area contributed by atoms with Crippen LogP contribution in [0.2, 0.25) is 0 Å². The molecule has 0 aliphatic carbocycles. The van der Waals surface area contributed by atoms with E-state index in [9.17, 15) is 13.2 Å². The van der Waals surface area contributed by atoms with Crippen molar-refractivity contribution in [1.29, 1.82) is 0 Å². The Balaban J connectivity index is 2.80. The predicted molar refractivity (Wildman–Crippen MR) is 66.9 cm³/mol. The quantitative estimate of drug-likeness (QED) is 0.638. The highest BCUT2D eigenvalue weighted by Crippen LogP contribution is 2.29. The van der Waals surface area contributed by atoms with Crippen molar-refractivity contribution in [2.24, 2.45) is 5.73 Å². The van der Waals surface area contributed by atoms with Crippen molar-refractivity contribution < 1.29 is 17.9 Å². The first-order chi connectivity index (χ1) is 8.44. The standard InChI is InChI=1S/C12H16F3NOS/c1-2-9-6-10(17-12(13,14)15)8-11(7-9)18-5-3-4-16/h6-8H,2-5,16H2,1H3. The summed E-state index contributed by atoms with van der Waals surface area (Å²) in [4.78, 5) is 0.780. The molecule has 0 aliphatic rings. The topological polar surface area (TPSA) is 35.2 Å². The molecule has 0 atom stereocenters. The zero-order valence-corrected chi connectivity index (χ0v) is 10.9. The Morgan fingerprint density at radius 2 is 2.00 bits per heavy atom. The average molecular weight is 279 g/mol. The van der Waals surface area contributed by atoms with Crippen molar-refractivity contribution in [3.8, 4) is 5.75 Å². The summed E-state index contributed by atoms with van der Waals surface area (Å²) < 4.78 is 40.5. The number of aryl methyl sites for hydroxylation is 1. The van der Waals surface area contributed by atoms with E-state index in [2.05, 4.69) is 4.74 Å². The molecule has 18 heavy (non-hydrogen) atoms. The minimum atomic E-state index is -4.65. The molecule has 1 aromatic carbocycles. The van der Waals surface area contributed by atoms with Crippen molar-refractivity contribution in [3.63, 3.8) is 0 Å². The minimum absolute atomic E-state index is 0.155. The van der Waals surface area contributed by atoms with Gasteiger partial charge in [-0.25, -0.2) is 0 Å². The molecule has 0 radical (unpaired) electrons. The summed E-state index contributed by atoms with van der Waals surface area (Å²) >= 11 is 1.49. The fraction of sp³-hybridized carbons (Fsp3) is 0.500. The second kappa shape index (κ2) is 6.89. The zero-order chi connectivity index (χ0) is 13.6. The van der Waals surface area contributed by atoms with Gasteiger partial charge in [0.15, 0.2) is 0 Å². The summed E-state index contributed by atoms with van der Waals surface area (Å²) in [6, 6.07) is 4.71. The van der Waals surface area contributed by atoms with E-state index in [0.717, 1.165) is 22.6 Å². The van der Waals surface area contributed by atoms with Gasteiger partial charge in [0, 0.05) is 4.90 Å². The highest BCUT2D eigenvalue weighted by Gasteiger charge is 2.31. The van der Waals surface area contributed by atoms with Crippen LogP contribution < -0.4 is 10.5 Å². The van der Waals surface area contributed by atoms with Crippen LogP contribution in [-0.2, 0) is 6.42 Å². The molecule has 0 heterocycles. The number of halogens is 3. The van der Waals surface area contributed by atoms with E-state index in [-0.39, 0.29) is 5.75 Å². The van der Waals surface area contributed by atoms with Gasteiger partial charge >= 0.3 is 6.36 Å². The molecular formula is C12H16F3NOS. The van der Waals surface area contributed by atoms with Crippen molar-refractivity contribution in [1.82, 2.24) is 0 Å². The summed E-state index contributed by atoms with van der Waals surface area (Å²) in [6.45, 7) is 2.47. The van der Waals surface area contributed by atoms with Crippen LogP contribution in [0.4, 0.5) is 13.2 Å². The Hall–Kier alpha value is -0.880. The lowest BCUT2D eigenvalue weighted by molar-refractivity contribution is -0.274. The SMILES string of the molecule is CCc1cc(OC(F)(F)F)cc(SCCCN)c1. The maximum atomic E-state index is 12.2. The Kier molecular flexibility index (Phi) is 5.81. The molecule has 2 N–H and O–H groups in total. The lowest BCUT2D eigenvalue weighted by Crippen LogP contribution is -2.17. The van der Waals surface area contributed by atoms with Gasteiger partial charge in [0.1, 0.15) is 5.75 Å². The Morgan fingerprint density at radius 1 is 1.28 bits per heavy atom. The molecule has 0 spiro atoms. The first-order valence-corrected chi connectivity index (χ1v) is 6.65. The fourth-order valence-electron chi connectivity index (χ4n) is 1.38. The number of hydrogen-bond donors (Lipinski definition) is 1. The van der Waals surface area contributed by atoms with Crippen molar-refractivity contribution in [2.45, 2.75) is 31.0 Å². The number of nitrogens with two attached hydrogens (primary N) is 1. The summed E-state index contributed by atoms with van der Waals surface area (Å²) in [5, 5.41) is 0. The van der Waals surface area contributed by atoms with Gasteiger partial charge in [0.05, 0.1) is 0 Å². The predicted octanol–water partition coefficient (Wildman–Crippen LogP) is 3.59. The lowest BCUT2D eigenvalue weighted by Gasteiger charge is -2.12. The molecule has 102 valence electrons. The van der Waals surface area contributed by atoms with Crippen LogP contribution >= 0.6 is 11.8 Å². The molecule has 0 aliphatic heterocycles. The maximum absolute atomic E-state index is 12.2. The molecule has 0 bridgehead atoms. The third-order valence-corrected chi connectivity index (χ3v) is 3.26. The number of alkyl halides is 3. The Bertz CT molecular complexity index is 382. The van der Waals surface area contributed by atoms with E-state index < -0.39 is 6.36 Å². The highest BCUT2D eigenvalue weighted by atomic mass is 32.2. The number of rotatable bonds is 6. The van der Waals surface area contributed by atoms with E-state index in [1.807, 2.05) is 13.0 Å². The molecule has 0 saturated carbocycles. The molecule has 2 nitrogen and oxygen atoms in total. The molecule has 0 unspecified atom stereocenters. The summed E-state index contributed by atoms with van der Waals surface area (Å²) in [7, 11) is 0. The van der Waals surface area contributed by atoms with E-state index in [0.29, 0.717) is 13.0 Å². The van der Waals surface area contributed by atoms with Crippen molar-refractivity contribution in [2.75, 3.05) is 12.3 Å². The van der Waals surface area contributed by atoms with Gasteiger partial charge < -0.3 is 10.5 Å². The average Bonchev–Trinajstić information content (AvgIpc) is 2.26. The second-order valence-electron chi connectivity index (χ2n) is 3.70. The van der Waals surface area contributed by atoms with E-state index in [4.69, 9.17) is 5.73 Å². The molecule has 6 heteroatoms. The summed E-state index contributed by atoms with van der Waals surface area (Å²) in [5.74, 6) is 0.631. The van der Waals surface area contributed by atoms with Gasteiger partial charge in [-0.05, 0) is 48.9 Å². The van der Waals surface area contributed by atoms with Crippen LogP contribution in [-0.4, -0.2) is 18.7 Å². The van der Waals surface area contributed by atoms with Crippen LogP contribution in [0.15, 0.2) is 23.1 Å². The Morgan fingerprint density at radius 3 is 2.56 bits per heavy atom. The Labute approximate surface area is 109 Å². The van der Waals surface area contributed by atoms with Crippen LogP contribution in [0.5, 0.6) is 5.75 Å². The van der Waals surface area contributed by atoms with E-state index >= 15 is 0 Å². The monoisotopic (exact) mass is 279 g/mol. The minimum Gasteiger partial charge on any atom is -0.406 e. The lowest BCUT2D eigenvalue weighted by atomic mass is 10.2. The normalized spacial score (nSPS) is 11.6. The van der Waals surface area contributed by atoms with Crippen molar-refractivity contribution in [3.05, 3.63) is 23.8 Å². The molecule has 0 fully saturated rings. The summed E-state index contributed by atoms with van der Waals surface area (Å²) in [5.41, 5.74) is 6.20. The first-order valence-electron chi connectivity index (χ1n) is 5.67. The van der Waals surface area contributed by atoms with Crippen LogP contribution in [0.25, 0.3) is 0 Å². The zero-order valence-electron chi connectivity index (χ0n) is 10.1. The van der Waals surface area contributed by atoms with Gasteiger partial charge in [0.25, 0.3) is 0 Å². The molecular weight excluding hydrogens is 263 g/mol. The van der Waals surface area contributed by atoms with Gasteiger partial charge in [-0.3, -0.25) is 0 Å². The van der Waals surface area contributed by atoms with Gasteiger partial charge in [-0.2, -0.15) is 0 Å². The van der Waals surface area contributed by atoms with E-state index in [1.165, 1.54) is 23.9 Å². The van der Waals surface area contributed by atoms with E-state index in [1.54, 1.807) is 0 Å². The number of ether oxygens (including phenoxy) is 1. The van der Waals surface area contributed by atoms with Crippen LogP contribution in [0, 0.1) is 0 Å². The number of benzene rings is 1. The maximum Gasteiger partial charge on any atom is 0.573 e. The second-order valence-corrected chi connectivity index (χ2v) is 4.87. The molecule has 0 saturated heterocycles. The third-order valence-electron chi connectivity index (χ3n) is 2.20. The van der Waals surface area contributed by atoms with Crippen molar-refractivity contribution >= 4 is 11.8 Å². The smallest absolute Gasteiger partial charge is 0.406 e. The van der Waals surface area contributed by atoms with Gasteiger partial charge in [-0.15, -0.1) is 24.9 Å². The summed E-state index contributed by atoms with van der Waals surface area (Å²) in [6.07, 6.45) is -3.15. The van der Waals surface area contributed by atoms with Crippen LogP contribution in [0.3, 0.4) is 0 Å². The largest absolute Gasteiger partial charge is 0.573 e. The molecule has 1 aromatic rings. The molecule has 0 aromatic heterocycles. The number of thioether (sulfide) groups is 1. The van der Waals surface area contributed by atoms with Crippen LogP contribution in [0.1, 0.15) is 18.9 Å². The van der Waals surface area contributed by atoms with Gasteiger partial charge in [-0.1, -0.05) is 6.92 Å². The first kappa shape index (κ1) is 15.2. The molecule has 0 amide bonds. The molecule has 1 rings (SSSR count). The van der Waals surface area contributed by atoms with Gasteiger partial charge in [0.2, 0.25) is 0 Å². The fourth-order valence-corrected chi connectivity index (χ4v) is 2.36.